The first-order valence-corrected chi connectivity index (χ1v) is 16.3. The fourth-order valence-corrected chi connectivity index (χ4v) is 12.3. The number of rotatable bonds is 7. The summed E-state index contributed by atoms with van der Waals surface area (Å²) in [6.07, 6.45) is 12.1. The van der Waals surface area contributed by atoms with Crippen molar-refractivity contribution in [2.24, 2.45) is 56.7 Å². The molecule has 0 heterocycles. The lowest BCUT2D eigenvalue weighted by molar-refractivity contribution is -0.251. The predicted octanol–water partition coefficient (Wildman–Crippen LogP) is 7.80. The normalized spacial score (nSPS) is 47.3. The monoisotopic (exact) mass is 556 g/mol. The number of aliphatic hydroxyl groups is 1. The summed E-state index contributed by atoms with van der Waals surface area (Å²) in [5.74, 6) is 1.80. The van der Waals surface area contributed by atoms with Crippen LogP contribution in [0.4, 0.5) is 0 Å². The smallest absolute Gasteiger partial charge is 0.306 e. The number of carbonyl (C=O) groups excluding carboxylic acids is 1. The van der Waals surface area contributed by atoms with Crippen LogP contribution in [0.5, 0.6) is 0 Å². The number of carboxylic acid groups (broad SMARTS) is 1. The summed E-state index contributed by atoms with van der Waals surface area (Å²) in [6.45, 7) is 19.5. The van der Waals surface area contributed by atoms with Crippen molar-refractivity contribution in [2.75, 3.05) is 6.61 Å². The number of aliphatic hydroxyl groups excluding tert-OH is 1. The third-order valence-corrected chi connectivity index (χ3v) is 14.5. The van der Waals surface area contributed by atoms with Crippen LogP contribution in [0.25, 0.3) is 0 Å². The summed E-state index contributed by atoms with van der Waals surface area (Å²) in [5, 5.41) is 19.7. The van der Waals surface area contributed by atoms with Gasteiger partial charge in [-0.2, -0.15) is 0 Å². The zero-order valence-corrected chi connectivity index (χ0v) is 26.2. The Morgan fingerprint density at radius 3 is 2.23 bits per heavy atom. The predicted molar refractivity (Wildman–Crippen MR) is 157 cm³/mol. The average Bonchev–Trinajstić information content (AvgIpc) is 3.26. The largest absolute Gasteiger partial charge is 0.481 e. The van der Waals surface area contributed by atoms with Crippen LogP contribution in [0.15, 0.2) is 12.2 Å². The zero-order chi connectivity index (χ0) is 29.3. The molecule has 5 aliphatic carbocycles. The van der Waals surface area contributed by atoms with Gasteiger partial charge in [-0.05, 0) is 129 Å². The van der Waals surface area contributed by atoms with Gasteiger partial charge in [0.25, 0.3) is 0 Å². The highest BCUT2D eigenvalue weighted by molar-refractivity contribution is 5.71. The lowest BCUT2D eigenvalue weighted by Gasteiger charge is -2.73. The third kappa shape index (κ3) is 4.25. The highest BCUT2D eigenvalue weighted by Crippen LogP contribution is 2.77. The summed E-state index contributed by atoms with van der Waals surface area (Å²) in [7, 11) is 0. The molecule has 0 bridgehead atoms. The lowest BCUT2D eigenvalue weighted by atomic mass is 9.32. The van der Waals surface area contributed by atoms with E-state index in [9.17, 15) is 14.7 Å². The van der Waals surface area contributed by atoms with Crippen LogP contribution in [0.1, 0.15) is 125 Å². The van der Waals surface area contributed by atoms with E-state index in [0.29, 0.717) is 42.6 Å². The van der Waals surface area contributed by atoms with Gasteiger partial charge in [-0.25, -0.2) is 0 Å². The van der Waals surface area contributed by atoms with Crippen molar-refractivity contribution >= 4 is 11.9 Å². The van der Waals surface area contributed by atoms with Gasteiger partial charge in [-0.1, -0.05) is 46.8 Å². The second-order valence-electron chi connectivity index (χ2n) is 16.3. The molecule has 0 spiro atoms. The molecule has 0 unspecified atom stereocenters. The second kappa shape index (κ2) is 10.1. The van der Waals surface area contributed by atoms with E-state index in [1.807, 2.05) is 0 Å². The Kier molecular flexibility index (Phi) is 7.62. The Bertz CT molecular complexity index is 1030. The number of aliphatic carboxylic acids is 1. The van der Waals surface area contributed by atoms with Gasteiger partial charge in [0.1, 0.15) is 6.10 Å². The van der Waals surface area contributed by atoms with Gasteiger partial charge in [-0.3, -0.25) is 9.59 Å². The Morgan fingerprint density at radius 1 is 0.850 bits per heavy atom. The van der Waals surface area contributed by atoms with Crippen LogP contribution in [0.2, 0.25) is 0 Å². The van der Waals surface area contributed by atoms with Crippen LogP contribution in [0.3, 0.4) is 0 Å². The molecule has 226 valence electrons. The van der Waals surface area contributed by atoms with E-state index in [0.717, 1.165) is 25.7 Å². The van der Waals surface area contributed by atoms with Gasteiger partial charge in [0, 0.05) is 24.9 Å². The molecule has 40 heavy (non-hydrogen) atoms. The van der Waals surface area contributed by atoms with Crippen molar-refractivity contribution in [3.63, 3.8) is 0 Å². The fourth-order valence-electron chi connectivity index (χ4n) is 12.3. The van der Waals surface area contributed by atoms with Crippen molar-refractivity contribution in [2.45, 2.75) is 131 Å². The van der Waals surface area contributed by atoms with E-state index >= 15 is 0 Å². The number of fused-ring (bicyclic) bond motifs is 7. The summed E-state index contributed by atoms with van der Waals surface area (Å²) in [6, 6.07) is 0. The minimum Gasteiger partial charge on any atom is -0.481 e. The zero-order valence-electron chi connectivity index (χ0n) is 26.2. The number of hydrogen-bond donors (Lipinski definition) is 2. The topological polar surface area (TPSA) is 83.8 Å². The Balaban J connectivity index is 1.39. The second-order valence-corrected chi connectivity index (χ2v) is 16.3. The maximum atomic E-state index is 12.7. The van der Waals surface area contributed by atoms with Crippen molar-refractivity contribution in [1.82, 2.24) is 0 Å². The van der Waals surface area contributed by atoms with E-state index in [2.05, 4.69) is 48.1 Å². The van der Waals surface area contributed by atoms with Crippen molar-refractivity contribution in [3.8, 4) is 0 Å². The van der Waals surface area contributed by atoms with Crippen molar-refractivity contribution < 1.29 is 24.5 Å². The van der Waals surface area contributed by atoms with Gasteiger partial charge in [0.15, 0.2) is 0 Å². The average molecular weight is 557 g/mol. The van der Waals surface area contributed by atoms with Gasteiger partial charge in [-0.15, -0.1) is 0 Å². The summed E-state index contributed by atoms with van der Waals surface area (Å²) in [4.78, 5) is 23.6. The summed E-state index contributed by atoms with van der Waals surface area (Å²) >= 11 is 0. The molecule has 5 saturated carbocycles. The maximum Gasteiger partial charge on any atom is 0.306 e. The molecule has 5 nitrogen and oxygen atoms in total. The summed E-state index contributed by atoms with van der Waals surface area (Å²) in [5.41, 5.74) is 2.05. The van der Waals surface area contributed by atoms with Crippen LogP contribution < -0.4 is 0 Å². The van der Waals surface area contributed by atoms with Gasteiger partial charge >= 0.3 is 11.9 Å². The molecule has 0 aromatic rings. The molecule has 0 amide bonds. The molecular formula is C35H56O5. The van der Waals surface area contributed by atoms with Crippen LogP contribution in [-0.4, -0.2) is 34.9 Å². The first-order valence-electron chi connectivity index (χ1n) is 16.3. The molecule has 0 aromatic heterocycles. The van der Waals surface area contributed by atoms with E-state index in [1.54, 1.807) is 0 Å². The number of esters is 1. The number of allylic oxidation sites excluding steroid dienone is 1. The number of carbonyl (C=O) groups is 2. The van der Waals surface area contributed by atoms with E-state index in [1.165, 1.54) is 44.1 Å². The molecule has 10 atom stereocenters. The molecule has 0 aromatic carbocycles. The van der Waals surface area contributed by atoms with Crippen LogP contribution in [0, 0.1) is 56.7 Å². The van der Waals surface area contributed by atoms with Gasteiger partial charge in [0.2, 0.25) is 0 Å². The van der Waals surface area contributed by atoms with Gasteiger partial charge in [0.05, 0.1) is 0 Å². The molecule has 0 radical (unpaired) electrons. The quantitative estimate of drug-likeness (QED) is 0.247. The highest BCUT2D eigenvalue weighted by Gasteiger charge is 2.71. The standard InChI is InChI=1S/C35H56O5/c1-22(2)23-13-18-35(21-36)20-19-33(6)24(30(23)35)11-12-26-32(5)16-15-27(40-29(39)10-8-9-28(37)38)31(3,4)25(32)14-17-34(26,33)7/h23-27,30,36H,1,8-21H2,2-7H3,(H,37,38)/t23-,24+,25-,26+,27-,30+,32-,33+,34+,35+/m0/s1. The van der Waals surface area contributed by atoms with Gasteiger partial charge < -0.3 is 14.9 Å². The summed E-state index contributed by atoms with van der Waals surface area (Å²) < 4.78 is 6.09. The lowest BCUT2D eigenvalue weighted by Crippen LogP contribution is -2.67. The van der Waals surface area contributed by atoms with Crippen LogP contribution >= 0.6 is 0 Å². The maximum absolute atomic E-state index is 12.7. The fraction of sp³-hybridized carbons (Fsp3) is 0.886. The van der Waals surface area contributed by atoms with E-state index in [-0.39, 0.29) is 52.0 Å². The molecule has 5 heteroatoms. The Morgan fingerprint density at radius 2 is 1.57 bits per heavy atom. The van der Waals surface area contributed by atoms with E-state index < -0.39 is 5.97 Å². The molecule has 5 aliphatic rings. The molecule has 2 N–H and O–H groups in total. The first-order chi connectivity index (χ1) is 18.7. The molecule has 0 saturated heterocycles. The third-order valence-electron chi connectivity index (χ3n) is 14.5. The van der Waals surface area contributed by atoms with Crippen LogP contribution in [-0.2, 0) is 14.3 Å². The van der Waals surface area contributed by atoms with Crippen molar-refractivity contribution in [1.29, 1.82) is 0 Å². The molecule has 5 rings (SSSR count). The Hall–Kier alpha value is -1.36. The number of hydrogen-bond acceptors (Lipinski definition) is 4. The van der Waals surface area contributed by atoms with E-state index in [4.69, 9.17) is 9.84 Å². The van der Waals surface area contributed by atoms with Crippen molar-refractivity contribution in [3.05, 3.63) is 12.2 Å². The molecule has 0 aliphatic heterocycles. The minimum atomic E-state index is -0.863. The Labute approximate surface area is 242 Å². The minimum absolute atomic E-state index is 0.0112. The number of carboxylic acids is 1. The SMILES string of the molecule is C=C(C)[C@@H]1CC[C@]2(CO)CC[C@]3(C)[C@H](CC[C@@H]4[C@@]5(C)CC[C@H](OC(=O)CCCC(=O)O)C(C)(C)[C@@H]5CC[C@]43C)[C@@H]12. The number of ether oxygens (including phenoxy) is 1. The first kappa shape index (κ1) is 30.1. The molecular weight excluding hydrogens is 500 g/mol. The highest BCUT2D eigenvalue weighted by atomic mass is 16.5. The molecule has 5 fully saturated rings.